The predicted octanol–water partition coefficient (Wildman–Crippen LogP) is 4.50. The number of pyridine rings is 1. The van der Waals surface area contributed by atoms with Crippen LogP contribution in [0.4, 0.5) is 19.0 Å². The number of anilines is 1. The molecule has 0 spiro atoms. The molecule has 0 unspecified atom stereocenters. The van der Waals surface area contributed by atoms with Gasteiger partial charge in [-0.1, -0.05) is 18.1 Å². The normalized spacial score (nSPS) is 12.6. The summed E-state index contributed by atoms with van der Waals surface area (Å²) in [5, 5.41) is 3.47. The third-order valence-electron chi connectivity index (χ3n) is 4.22. The van der Waals surface area contributed by atoms with E-state index in [1.807, 2.05) is 0 Å². The molecule has 5 nitrogen and oxygen atoms in total. The lowest BCUT2D eigenvalue weighted by Crippen LogP contribution is -2.16. The fraction of sp³-hybridized carbons (Fsp3) is 0.211. The quantitative estimate of drug-likeness (QED) is 0.576. The van der Waals surface area contributed by atoms with Crippen molar-refractivity contribution in [1.82, 2.24) is 15.0 Å². The van der Waals surface area contributed by atoms with E-state index >= 15 is 0 Å². The van der Waals surface area contributed by atoms with E-state index in [1.165, 1.54) is 25.1 Å². The molecule has 144 valence electrons. The summed E-state index contributed by atoms with van der Waals surface area (Å²) >= 11 is 3.15. The molecule has 0 amide bonds. The Morgan fingerprint density at radius 2 is 2.00 bits per heavy atom. The maximum atomic E-state index is 13.2. The number of terminal acetylenes is 1. The number of fused-ring (bicyclic) bond motifs is 1. The van der Waals surface area contributed by atoms with Crippen LogP contribution in [0.1, 0.15) is 28.6 Å². The van der Waals surface area contributed by atoms with Crippen molar-refractivity contribution < 1.29 is 13.2 Å². The fourth-order valence-corrected chi connectivity index (χ4v) is 3.23. The zero-order valence-electron chi connectivity index (χ0n) is 14.8. The van der Waals surface area contributed by atoms with Crippen molar-refractivity contribution in [2.75, 3.05) is 5.32 Å². The number of aryl methyl sites for hydroxylation is 1. The number of nitrogens with one attached hydrogen (secondary N) is 2. The maximum absolute atomic E-state index is 13.2. The Bertz CT molecular complexity index is 1160. The fourth-order valence-electron chi connectivity index (χ4n) is 2.90. The lowest BCUT2D eigenvalue weighted by atomic mass is 9.96. The molecule has 1 aromatic carbocycles. The molecule has 0 aliphatic rings. The van der Waals surface area contributed by atoms with Crippen LogP contribution in [0.3, 0.4) is 0 Å². The van der Waals surface area contributed by atoms with Crippen molar-refractivity contribution in [3.8, 4) is 12.3 Å². The van der Waals surface area contributed by atoms with E-state index in [0.29, 0.717) is 28.2 Å². The number of H-pyrrole nitrogens is 1. The van der Waals surface area contributed by atoms with E-state index in [9.17, 15) is 18.0 Å². The molecule has 0 fully saturated rings. The summed E-state index contributed by atoms with van der Waals surface area (Å²) in [5.74, 6) is 3.14. The molecule has 0 saturated carbocycles. The minimum Gasteiger partial charge on any atom is -0.352 e. The van der Waals surface area contributed by atoms with Gasteiger partial charge in [0.15, 0.2) is 0 Å². The van der Waals surface area contributed by atoms with Gasteiger partial charge in [0.1, 0.15) is 23.3 Å². The second-order valence-electron chi connectivity index (χ2n) is 6.09. The van der Waals surface area contributed by atoms with Gasteiger partial charge in [0.2, 0.25) is 0 Å². The molecule has 1 atom stereocenters. The van der Waals surface area contributed by atoms with Gasteiger partial charge in [-0.05, 0) is 53.0 Å². The minimum absolute atomic E-state index is 0.0371. The highest BCUT2D eigenvalue weighted by molar-refractivity contribution is 9.10. The molecule has 0 radical (unpaired) electrons. The summed E-state index contributed by atoms with van der Waals surface area (Å²) in [6.45, 7) is 3.01. The number of hydrogen-bond donors (Lipinski definition) is 2. The molecule has 9 heteroatoms. The van der Waals surface area contributed by atoms with Crippen LogP contribution in [-0.4, -0.2) is 15.0 Å². The highest BCUT2D eigenvalue weighted by Crippen LogP contribution is 2.35. The molecule has 0 aliphatic carbocycles. The zero-order valence-corrected chi connectivity index (χ0v) is 16.4. The molecule has 0 bridgehead atoms. The first-order valence-corrected chi connectivity index (χ1v) is 8.87. The van der Waals surface area contributed by atoms with Gasteiger partial charge in [0.25, 0.3) is 5.56 Å². The van der Waals surface area contributed by atoms with Crippen molar-refractivity contribution in [2.24, 2.45) is 0 Å². The first-order valence-electron chi connectivity index (χ1n) is 8.08. The van der Waals surface area contributed by atoms with Crippen LogP contribution in [0.25, 0.3) is 11.0 Å². The zero-order chi connectivity index (χ0) is 20.6. The average Bonchev–Trinajstić information content (AvgIpc) is 2.60. The van der Waals surface area contributed by atoms with Crippen molar-refractivity contribution in [1.29, 1.82) is 0 Å². The highest BCUT2D eigenvalue weighted by atomic mass is 79.9. The first-order chi connectivity index (χ1) is 13.1. The molecule has 2 heterocycles. The summed E-state index contributed by atoms with van der Waals surface area (Å²) in [6, 6.07) is 4.52. The Morgan fingerprint density at radius 3 is 2.64 bits per heavy atom. The van der Waals surface area contributed by atoms with E-state index < -0.39 is 17.8 Å². The summed E-state index contributed by atoms with van der Waals surface area (Å²) in [6.07, 6.45) is 1.13. The Morgan fingerprint density at radius 1 is 1.29 bits per heavy atom. The largest absolute Gasteiger partial charge is 0.416 e. The number of rotatable bonds is 3. The van der Waals surface area contributed by atoms with Gasteiger partial charge in [0, 0.05) is 0 Å². The molecule has 3 rings (SSSR count). The van der Waals surface area contributed by atoms with E-state index in [0.717, 1.165) is 6.07 Å². The van der Waals surface area contributed by atoms with Crippen molar-refractivity contribution in [3.63, 3.8) is 0 Å². The smallest absolute Gasteiger partial charge is 0.352 e. The maximum Gasteiger partial charge on any atom is 0.416 e. The Hall–Kier alpha value is -2.86. The summed E-state index contributed by atoms with van der Waals surface area (Å²) in [7, 11) is 0. The molecule has 28 heavy (non-hydrogen) atoms. The third kappa shape index (κ3) is 3.73. The number of aromatic nitrogens is 3. The van der Waals surface area contributed by atoms with Crippen molar-refractivity contribution in [2.45, 2.75) is 26.1 Å². The second kappa shape index (κ2) is 7.28. The summed E-state index contributed by atoms with van der Waals surface area (Å²) in [5.41, 5.74) is -0.471. The van der Waals surface area contributed by atoms with Crippen LogP contribution in [0, 0.1) is 26.2 Å². The lowest BCUT2D eigenvalue weighted by Gasteiger charge is -2.20. The van der Waals surface area contributed by atoms with Crippen molar-refractivity contribution >= 4 is 32.8 Å². The number of hydrogen-bond acceptors (Lipinski definition) is 4. The average molecular weight is 451 g/mol. The van der Waals surface area contributed by atoms with E-state index in [2.05, 4.69) is 42.1 Å². The number of alkyl halides is 3. The first kappa shape index (κ1) is 19.9. The number of nitrogens with zero attached hydrogens (tertiary/aromatic N) is 2. The lowest BCUT2D eigenvalue weighted by molar-refractivity contribution is -0.138. The predicted molar refractivity (Wildman–Crippen MR) is 104 cm³/mol. The molecule has 0 saturated heterocycles. The number of halogens is 4. The van der Waals surface area contributed by atoms with E-state index in [4.69, 9.17) is 6.42 Å². The van der Waals surface area contributed by atoms with Gasteiger partial charge in [0.05, 0.1) is 15.4 Å². The van der Waals surface area contributed by atoms with Crippen LogP contribution in [0.5, 0.6) is 0 Å². The topological polar surface area (TPSA) is 70.7 Å². The second-order valence-corrected chi connectivity index (χ2v) is 6.94. The van der Waals surface area contributed by atoms with Gasteiger partial charge in [-0.2, -0.15) is 13.2 Å². The van der Waals surface area contributed by atoms with Crippen LogP contribution >= 0.6 is 15.9 Å². The monoisotopic (exact) mass is 450 g/mol. The highest BCUT2D eigenvalue weighted by Gasteiger charge is 2.33. The standard InChI is InChI=1S/C19H14BrF3N4O/c1-4-15(11-6-5-7-13(9(11)2)19(21,22)23)26-16-12-8-14(20)18(28)27-17(12)25-10(3)24-16/h1,5-8,15H,2-3H3,(H2,24,25,26,27,28)/t15-/m1/s1. The number of benzene rings is 1. The van der Waals surface area contributed by atoms with Gasteiger partial charge >= 0.3 is 6.18 Å². The van der Waals surface area contributed by atoms with Gasteiger partial charge in [-0.25, -0.2) is 9.97 Å². The SMILES string of the molecule is C#C[C@@H](Nc1nc(C)nc2[nH]c(=O)c(Br)cc12)c1cccc(C(F)(F)F)c1C. The van der Waals surface area contributed by atoms with Crippen LogP contribution in [0.15, 0.2) is 33.5 Å². The molecule has 2 aromatic heterocycles. The van der Waals surface area contributed by atoms with Crippen molar-refractivity contribution in [3.05, 3.63) is 61.6 Å². The molecular weight excluding hydrogens is 437 g/mol. The van der Waals surface area contributed by atoms with Crippen LogP contribution < -0.4 is 10.9 Å². The van der Waals surface area contributed by atoms with E-state index in [-0.39, 0.29) is 15.6 Å². The number of aromatic amines is 1. The summed E-state index contributed by atoms with van der Waals surface area (Å²) in [4.78, 5) is 22.9. The van der Waals surface area contributed by atoms with Crippen LogP contribution in [0.2, 0.25) is 0 Å². The molecule has 3 aromatic rings. The summed E-state index contributed by atoms with van der Waals surface area (Å²) < 4.78 is 40.0. The molecule has 0 aliphatic heterocycles. The van der Waals surface area contributed by atoms with Gasteiger partial charge < -0.3 is 10.3 Å². The molecular formula is C19H14BrF3N4O. The van der Waals surface area contributed by atoms with Crippen LogP contribution in [-0.2, 0) is 6.18 Å². The Labute approximate surface area is 166 Å². The van der Waals surface area contributed by atoms with Gasteiger partial charge in [-0.3, -0.25) is 4.79 Å². The van der Waals surface area contributed by atoms with E-state index in [1.54, 1.807) is 6.92 Å². The van der Waals surface area contributed by atoms with Gasteiger partial charge in [-0.15, -0.1) is 6.42 Å². The minimum atomic E-state index is -4.48. The molecule has 2 N–H and O–H groups in total. The Kier molecular flexibility index (Phi) is 5.17. The Balaban J connectivity index is 2.12. The third-order valence-corrected chi connectivity index (χ3v) is 4.81.